The molecule has 6 heteroatoms. The molecule has 0 spiro atoms. The number of carboxylic acids is 1. The number of fused-ring (bicyclic) bond motifs is 1. The summed E-state index contributed by atoms with van der Waals surface area (Å²) in [7, 11) is 0. The molecule has 0 radical (unpaired) electrons. The van der Waals surface area contributed by atoms with Crippen molar-refractivity contribution in [1.82, 2.24) is 14.8 Å². The molecular formula is C13H12FN3O2. The van der Waals surface area contributed by atoms with Gasteiger partial charge in [0.25, 0.3) is 0 Å². The molecule has 2 aromatic rings. The zero-order valence-corrected chi connectivity index (χ0v) is 10.1. The van der Waals surface area contributed by atoms with Crippen LogP contribution in [0, 0.1) is 5.82 Å². The molecule has 1 aromatic carbocycles. The third-order valence-electron chi connectivity index (χ3n) is 3.38. The molecule has 5 nitrogen and oxygen atoms in total. The molecule has 98 valence electrons. The predicted molar refractivity (Wildman–Crippen MR) is 65.0 cm³/mol. The molecule has 0 saturated carbocycles. The van der Waals surface area contributed by atoms with Gasteiger partial charge in [0.1, 0.15) is 17.6 Å². The second-order valence-electron chi connectivity index (χ2n) is 4.55. The van der Waals surface area contributed by atoms with Crippen molar-refractivity contribution in [1.29, 1.82) is 0 Å². The quantitative estimate of drug-likeness (QED) is 0.898. The molecule has 0 fully saturated rings. The Hall–Kier alpha value is -2.24. The summed E-state index contributed by atoms with van der Waals surface area (Å²) in [5.41, 5.74) is 0.354. The Kier molecular flexibility index (Phi) is 2.77. The minimum absolute atomic E-state index is 0.354. The maximum absolute atomic E-state index is 13.8. The average molecular weight is 261 g/mol. The molecule has 1 N–H and O–H groups in total. The molecule has 0 aliphatic carbocycles. The topological polar surface area (TPSA) is 68.0 Å². The fraction of sp³-hybridized carbons (Fsp3) is 0.308. The van der Waals surface area contributed by atoms with Gasteiger partial charge >= 0.3 is 5.97 Å². The van der Waals surface area contributed by atoms with Gasteiger partial charge in [0, 0.05) is 6.54 Å². The lowest BCUT2D eigenvalue weighted by Crippen LogP contribution is -2.22. The minimum Gasteiger partial charge on any atom is -0.481 e. The number of hydrogen-bond acceptors (Lipinski definition) is 3. The first-order chi connectivity index (χ1) is 9.18. The summed E-state index contributed by atoms with van der Waals surface area (Å²) in [5.74, 6) is -1.12. The number of benzene rings is 1. The number of rotatable bonds is 2. The van der Waals surface area contributed by atoms with Crippen molar-refractivity contribution in [3.05, 3.63) is 35.9 Å². The number of hydrogen-bond donors (Lipinski definition) is 1. The average Bonchev–Trinajstić information content (AvgIpc) is 2.82. The molecule has 19 heavy (non-hydrogen) atoms. The van der Waals surface area contributed by atoms with Crippen LogP contribution in [-0.2, 0) is 11.3 Å². The van der Waals surface area contributed by atoms with Gasteiger partial charge in [0.05, 0.1) is 5.56 Å². The highest BCUT2D eigenvalue weighted by molar-refractivity contribution is 5.75. The van der Waals surface area contributed by atoms with Crippen LogP contribution in [0.25, 0.3) is 11.4 Å². The van der Waals surface area contributed by atoms with E-state index in [0.29, 0.717) is 30.2 Å². The van der Waals surface area contributed by atoms with E-state index < -0.39 is 11.9 Å². The van der Waals surface area contributed by atoms with Crippen LogP contribution in [0.2, 0.25) is 0 Å². The first kappa shape index (κ1) is 11.8. The predicted octanol–water partition coefficient (Wildman–Crippen LogP) is 2.05. The van der Waals surface area contributed by atoms with Crippen LogP contribution in [0.15, 0.2) is 24.3 Å². The molecule has 1 aliphatic heterocycles. The molecule has 3 rings (SSSR count). The molecular weight excluding hydrogens is 249 g/mol. The number of nitrogens with zero attached hydrogens (tertiary/aromatic N) is 3. The zero-order chi connectivity index (χ0) is 13.4. The second kappa shape index (κ2) is 4.46. The summed E-state index contributed by atoms with van der Waals surface area (Å²) >= 11 is 0. The Balaban J connectivity index is 2.11. The SMILES string of the molecule is O=C(O)C1CCCn2c(-c3ccccc3F)nnc21. The second-order valence-corrected chi connectivity index (χ2v) is 4.55. The van der Waals surface area contributed by atoms with Gasteiger partial charge < -0.3 is 9.67 Å². The van der Waals surface area contributed by atoms with Crippen LogP contribution in [0.1, 0.15) is 24.6 Å². The van der Waals surface area contributed by atoms with E-state index in [1.165, 1.54) is 6.07 Å². The third kappa shape index (κ3) is 1.89. The minimum atomic E-state index is -0.909. The summed E-state index contributed by atoms with van der Waals surface area (Å²) in [5, 5.41) is 17.1. The van der Waals surface area contributed by atoms with Crippen LogP contribution < -0.4 is 0 Å². The Bertz CT molecular complexity index is 639. The van der Waals surface area contributed by atoms with E-state index in [-0.39, 0.29) is 5.82 Å². The Morgan fingerprint density at radius 2 is 2.16 bits per heavy atom. The third-order valence-corrected chi connectivity index (χ3v) is 3.38. The van der Waals surface area contributed by atoms with Gasteiger partial charge in [-0.3, -0.25) is 4.79 Å². The smallest absolute Gasteiger partial charge is 0.314 e. The van der Waals surface area contributed by atoms with Gasteiger partial charge in [-0.05, 0) is 25.0 Å². The van der Waals surface area contributed by atoms with E-state index in [9.17, 15) is 9.18 Å². The zero-order valence-electron chi connectivity index (χ0n) is 10.1. The Labute approximate surface area is 108 Å². The van der Waals surface area contributed by atoms with Crippen LogP contribution >= 0.6 is 0 Å². The summed E-state index contributed by atoms with van der Waals surface area (Å²) in [6.07, 6.45) is 1.27. The lowest BCUT2D eigenvalue weighted by Gasteiger charge is -2.20. The fourth-order valence-electron chi connectivity index (χ4n) is 2.45. The highest BCUT2D eigenvalue weighted by Gasteiger charge is 2.31. The summed E-state index contributed by atoms with van der Waals surface area (Å²) in [6.45, 7) is 0.621. The lowest BCUT2D eigenvalue weighted by atomic mass is 9.99. The standard InChI is InChI=1S/C13H12FN3O2/c14-10-6-2-1-4-8(10)11-15-16-12-9(13(18)19)5-3-7-17(11)12/h1-2,4,6,9H,3,5,7H2,(H,18,19). The number of halogens is 1. The van der Waals surface area contributed by atoms with Crippen molar-refractivity contribution in [2.24, 2.45) is 0 Å². The summed E-state index contributed by atoms with van der Waals surface area (Å²) in [6, 6.07) is 6.30. The normalized spacial score (nSPS) is 18.1. The van der Waals surface area contributed by atoms with Gasteiger partial charge in [-0.2, -0.15) is 0 Å². The Morgan fingerprint density at radius 3 is 2.89 bits per heavy atom. The van der Waals surface area contributed by atoms with E-state index in [1.807, 2.05) is 0 Å². The van der Waals surface area contributed by atoms with E-state index in [2.05, 4.69) is 10.2 Å². The molecule has 1 unspecified atom stereocenters. The van der Waals surface area contributed by atoms with Crippen molar-refractivity contribution in [3.8, 4) is 11.4 Å². The summed E-state index contributed by atoms with van der Waals surface area (Å²) < 4.78 is 15.5. The Morgan fingerprint density at radius 1 is 1.37 bits per heavy atom. The number of carbonyl (C=O) groups is 1. The monoisotopic (exact) mass is 261 g/mol. The van der Waals surface area contributed by atoms with E-state index in [0.717, 1.165) is 6.42 Å². The molecule has 1 atom stereocenters. The van der Waals surface area contributed by atoms with Crippen molar-refractivity contribution in [3.63, 3.8) is 0 Å². The van der Waals surface area contributed by atoms with Gasteiger partial charge in [-0.15, -0.1) is 10.2 Å². The summed E-state index contributed by atoms with van der Waals surface area (Å²) in [4.78, 5) is 11.2. The first-order valence-electron chi connectivity index (χ1n) is 6.09. The largest absolute Gasteiger partial charge is 0.481 e. The van der Waals surface area contributed by atoms with Gasteiger partial charge in [0.15, 0.2) is 5.82 Å². The molecule has 2 heterocycles. The van der Waals surface area contributed by atoms with Crippen molar-refractivity contribution < 1.29 is 14.3 Å². The molecule has 0 saturated heterocycles. The first-order valence-corrected chi connectivity index (χ1v) is 6.09. The van der Waals surface area contributed by atoms with Gasteiger partial charge in [-0.25, -0.2) is 4.39 Å². The molecule has 1 aromatic heterocycles. The van der Waals surface area contributed by atoms with Crippen LogP contribution in [-0.4, -0.2) is 25.8 Å². The van der Waals surface area contributed by atoms with Crippen molar-refractivity contribution in [2.75, 3.05) is 0 Å². The van der Waals surface area contributed by atoms with Crippen molar-refractivity contribution >= 4 is 5.97 Å². The van der Waals surface area contributed by atoms with E-state index in [4.69, 9.17) is 5.11 Å². The van der Waals surface area contributed by atoms with E-state index in [1.54, 1.807) is 22.8 Å². The highest BCUT2D eigenvalue weighted by atomic mass is 19.1. The van der Waals surface area contributed by atoms with E-state index >= 15 is 0 Å². The maximum Gasteiger partial charge on any atom is 0.314 e. The van der Waals surface area contributed by atoms with Crippen LogP contribution in [0.5, 0.6) is 0 Å². The van der Waals surface area contributed by atoms with Crippen molar-refractivity contribution in [2.45, 2.75) is 25.3 Å². The molecule has 0 bridgehead atoms. The number of aliphatic carboxylic acids is 1. The highest BCUT2D eigenvalue weighted by Crippen LogP contribution is 2.30. The van der Waals surface area contributed by atoms with Crippen LogP contribution in [0.3, 0.4) is 0 Å². The molecule has 1 aliphatic rings. The fourth-order valence-corrected chi connectivity index (χ4v) is 2.45. The number of aromatic nitrogens is 3. The van der Waals surface area contributed by atoms with Gasteiger partial charge in [-0.1, -0.05) is 12.1 Å². The maximum atomic E-state index is 13.8. The number of carboxylic acid groups (broad SMARTS) is 1. The van der Waals surface area contributed by atoms with Crippen LogP contribution in [0.4, 0.5) is 4.39 Å². The molecule has 0 amide bonds. The van der Waals surface area contributed by atoms with Gasteiger partial charge in [0.2, 0.25) is 0 Å². The lowest BCUT2D eigenvalue weighted by molar-refractivity contribution is -0.139.